The molecule has 1 atom stereocenters. The van der Waals surface area contributed by atoms with Gasteiger partial charge in [0.25, 0.3) is 0 Å². The molecule has 1 aromatic rings. The topological polar surface area (TPSA) is 32.3 Å². The van der Waals surface area contributed by atoms with Gasteiger partial charge in [0, 0.05) is 6.04 Å². The first-order valence-electron chi connectivity index (χ1n) is 5.35. The fraction of sp³-hybridized carbons (Fsp3) is 0.500. The maximum atomic E-state index is 13.3. The van der Waals surface area contributed by atoms with E-state index in [1.807, 2.05) is 6.07 Å². The van der Waals surface area contributed by atoms with Crippen molar-refractivity contribution in [2.45, 2.75) is 25.8 Å². The lowest BCUT2D eigenvalue weighted by molar-refractivity contribution is 0.241. The van der Waals surface area contributed by atoms with E-state index in [4.69, 9.17) is 5.11 Å². The predicted octanol–water partition coefficient (Wildman–Crippen LogP) is 1.73. The summed E-state index contributed by atoms with van der Waals surface area (Å²) in [7, 11) is 0. The van der Waals surface area contributed by atoms with Crippen LogP contribution in [0.25, 0.3) is 0 Å². The van der Waals surface area contributed by atoms with Crippen LogP contribution in [0.3, 0.4) is 0 Å². The fourth-order valence-corrected chi connectivity index (χ4v) is 1.48. The Morgan fingerprint density at radius 1 is 1.40 bits per heavy atom. The largest absolute Gasteiger partial charge is 0.395 e. The Morgan fingerprint density at radius 2 is 2.13 bits per heavy atom. The third-order valence-corrected chi connectivity index (χ3v) is 2.33. The van der Waals surface area contributed by atoms with Crippen LogP contribution in [0.15, 0.2) is 24.3 Å². The van der Waals surface area contributed by atoms with Crippen LogP contribution in [0.4, 0.5) is 4.39 Å². The Morgan fingerprint density at radius 3 is 2.73 bits per heavy atom. The van der Waals surface area contributed by atoms with Crippen molar-refractivity contribution in [2.75, 3.05) is 13.2 Å². The molecule has 0 saturated carbocycles. The maximum absolute atomic E-state index is 13.3. The third-order valence-electron chi connectivity index (χ3n) is 2.33. The van der Waals surface area contributed by atoms with Gasteiger partial charge < -0.3 is 10.4 Å². The SMILES string of the molecule is CCCNC(CO)Cc1ccccc1F. The second-order valence-electron chi connectivity index (χ2n) is 3.63. The van der Waals surface area contributed by atoms with Crippen LogP contribution in [0.1, 0.15) is 18.9 Å². The van der Waals surface area contributed by atoms with Crippen molar-refractivity contribution in [1.82, 2.24) is 5.32 Å². The van der Waals surface area contributed by atoms with E-state index in [1.165, 1.54) is 6.07 Å². The lowest BCUT2D eigenvalue weighted by atomic mass is 10.1. The Kier molecular flexibility index (Phi) is 5.29. The Hall–Kier alpha value is -0.930. The molecule has 3 heteroatoms. The van der Waals surface area contributed by atoms with Gasteiger partial charge in [0.2, 0.25) is 0 Å². The van der Waals surface area contributed by atoms with Gasteiger partial charge in [-0.3, -0.25) is 0 Å². The van der Waals surface area contributed by atoms with E-state index in [0.717, 1.165) is 13.0 Å². The second kappa shape index (κ2) is 6.53. The van der Waals surface area contributed by atoms with Crippen LogP contribution in [-0.2, 0) is 6.42 Å². The van der Waals surface area contributed by atoms with E-state index in [-0.39, 0.29) is 18.5 Å². The quantitative estimate of drug-likeness (QED) is 0.751. The molecule has 0 aliphatic heterocycles. The highest BCUT2D eigenvalue weighted by Gasteiger charge is 2.09. The summed E-state index contributed by atoms with van der Waals surface area (Å²) in [6.07, 6.45) is 1.54. The summed E-state index contributed by atoms with van der Waals surface area (Å²) in [5, 5.41) is 12.3. The lowest BCUT2D eigenvalue weighted by Gasteiger charge is -2.15. The summed E-state index contributed by atoms with van der Waals surface area (Å²) in [6, 6.07) is 6.63. The number of aliphatic hydroxyl groups is 1. The second-order valence-corrected chi connectivity index (χ2v) is 3.63. The van der Waals surface area contributed by atoms with Gasteiger partial charge in [-0.05, 0) is 31.0 Å². The van der Waals surface area contributed by atoms with E-state index < -0.39 is 0 Å². The zero-order valence-electron chi connectivity index (χ0n) is 9.04. The molecule has 84 valence electrons. The standard InChI is InChI=1S/C12H18FNO/c1-2-7-14-11(9-15)8-10-5-3-4-6-12(10)13/h3-6,11,14-15H,2,7-9H2,1H3. The van der Waals surface area contributed by atoms with Crippen molar-refractivity contribution in [3.05, 3.63) is 35.6 Å². The fourth-order valence-electron chi connectivity index (χ4n) is 1.48. The molecule has 2 nitrogen and oxygen atoms in total. The molecule has 0 aliphatic carbocycles. The molecule has 0 spiro atoms. The van der Waals surface area contributed by atoms with Crippen LogP contribution in [-0.4, -0.2) is 24.3 Å². The van der Waals surface area contributed by atoms with Crippen LogP contribution < -0.4 is 5.32 Å². The third kappa shape index (κ3) is 3.98. The van der Waals surface area contributed by atoms with Gasteiger partial charge in [-0.1, -0.05) is 25.1 Å². The van der Waals surface area contributed by atoms with E-state index in [1.54, 1.807) is 12.1 Å². The van der Waals surface area contributed by atoms with Gasteiger partial charge in [-0.2, -0.15) is 0 Å². The number of nitrogens with one attached hydrogen (secondary N) is 1. The molecule has 0 fully saturated rings. The number of aliphatic hydroxyl groups excluding tert-OH is 1. The van der Waals surface area contributed by atoms with E-state index in [9.17, 15) is 4.39 Å². The normalized spacial score (nSPS) is 12.7. The van der Waals surface area contributed by atoms with Gasteiger partial charge in [-0.25, -0.2) is 4.39 Å². The number of rotatable bonds is 6. The van der Waals surface area contributed by atoms with Crippen molar-refractivity contribution in [2.24, 2.45) is 0 Å². The molecular weight excluding hydrogens is 193 g/mol. The lowest BCUT2D eigenvalue weighted by Crippen LogP contribution is -2.35. The van der Waals surface area contributed by atoms with Crippen LogP contribution >= 0.6 is 0 Å². The van der Waals surface area contributed by atoms with E-state index in [2.05, 4.69) is 12.2 Å². The highest BCUT2D eigenvalue weighted by atomic mass is 19.1. The summed E-state index contributed by atoms with van der Waals surface area (Å²) >= 11 is 0. The molecule has 1 unspecified atom stereocenters. The monoisotopic (exact) mass is 211 g/mol. The predicted molar refractivity (Wildman–Crippen MR) is 59.3 cm³/mol. The molecule has 0 aliphatic rings. The summed E-state index contributed by atoms with van der Waals surface area (Å²) in [5.41, 5.74) is 0.653. The van der Waals surface area contributed by atoms with Crippen molar-refractivity contribution in [1.29, 1.82) is 0 Å². The van der Waals surface area contributed by atoms with Gasteiger partial charge in [0.05, 0.1) is 6.61 Å². The number of benzene rings is 1. The zero-order valence-corrected chi connectivity index (χ0v) is 9.04. The van der Waals surface area contributed by atoms with Gasteiger partial charge in [-0.15, -0.1) is 0 Å². The van der Waals surface area contributed by atoms with Crippen LogP contribution in [0.5, 0.6) is 0 Å². The Bertz CT molecular complexity index is 291. The van der Waals surface area contributed by atoms with E-state index in [0.29, 0.717) is 12.0 Å². The minimum absolute atomic E-state index is 0.0360. The first-order valence-corrected chi connectivity index (χ1v) is 5.35. The molecule has 0 amide bonds. The zero-order chi connectivity index (χ0) is 11.1. The Labute approximate surface area is 90.1 Å². The first-order chi connectivity index (χ1) is 7.27. The molecule has 1 rings (SSSR count). The summed E-state index contributed by atoms with van der Waals surface area (Å²) in [5.74, 6) is -0.200. The Balaban J connectivity index is 2.54. The van der Waals surface area contributed by atoms with Gasteiger partial charge in [0.1, 0.15) is 5.82 Å². The molecule has 0 bridgehead atoms. The van der Waals surface area contributed by atoms with Gasteiger partial charge >= 0.3 is 0 Å². The molecule has 1 aromatic carbocycles. The molecular formula is C12H18FNO. The minimum atomic E-state index is -0.200. The highest BCUT2D eigenvalue weighted by Crippen LogP contribution is 2.08. The van der Waals surface area contributed by atoms with Crippen molar-refractivity contribution < 1.29 is 9.50 Å². The summed E-state index contributed by atoms with van der Waals surface area (Å²) < 4.78 is 13.3. The molecule has 0 heterocycles. The maximum Gasteiger partial charge on any atom is 0.126 e. The van der Waals surface area contributed by atoms with Crippen LogP contribution in [0, 0.1) is 5.82 Å². The van der Waals surface area contributed by atoms with Crippen molar-refractivity contribution in [3.8, 4) is 0 Å². The number of hydrogen-bond donors (Lipinski definition) is 2. The number of hydrogen-bond acceptors (Lipinski definition) is 2. The molecule has 0 radical (unpaired) electrons. The molecule has 0 aromatic heterocycles. The van der Waals surface area contributed by atoms with Crippen molar-refractivity contribution in [3.63, 3.8) is 0 Å². The van der Waals surface area contributed by atoms with Crippen molar-refractivity contribution >= 4 is 0 Å². The molecule has 15 heavy (non-hydrogen) atoms. The average Bonchev–Trinajstić information content (AvgIpc) is 2.26. The van der Waals surface area contributed by atoms with Crippen LogP contribution in [0.2, 0.25) is 0 Å². The summed E-state index contributed by atoms with van der Waals surface area (Å²) in [6.45, 7) is 2.94. The first kappa shape index (κ1) is 12.1. The minimum Gasteiger partial charge on any atom is -0.395 e. The van der Waals surface area contributed by atoms with E-state index >= 15 is 0 Å². The number of halogens is 1. The molecule has 2 N–H and O–H groups in total. The smallest absolute Gasteiger partial charge is 0.126 e. The average molecular weight is 211 g/mol. The van der Waals surface area contributed by atoms with Gasteiger partial charge in [0.15, 0.2) is 0 Å². The molecule has 0 saturated heterocycles. The summed E-state index contributed by atoms with van der Waals surface area (Å²) in [4.78, 5) is 0. The highest BCUT2D eigenvalue weighted by molar-refractivity contribution is 5.18.